The summed E-state index contributed by atoms with van der Waals surface area (Å²) in [6.45, 7) is 1.68. The molecule has 0 aliphatic carbocycles. The minimum absolute atomic E-state index is 0.0370. The first-order valence-corrected chi connectivity index (χ1v) is 2.49. The highest BCUT2D eigenvalue weighted by atomic mass is 35.5. The Morgan fingerprint density at radius 2 is 2.38 bits per heavy atom. The number of nitrogens with one attached hydrogen (secondary N) is 1. The van der Waals surface area contributed by atoms with Crippen LogP contribution < -0.4 is 0 Å². The summed E-state index contributed by atoms with van der Waals surface area (Å²) in [6, 6.07) is 0. The quantitative estimate of drug-likeness (QED) is 0.555. The molecule has 4 heteroatoms. The van der Waals surface area contributed by atoms with Crippen LogP contribution in [0.1, 0.15) is 5.56 Å². The van der Waals surface area contributed by atoms with Gasteiger partial charge in [-0.25, -0.2) is 5.10 Å². The molecule has 1 heterocycles. The number of H-pyrrole nitrogens is 1. The monoisotopic (exact) mass is 132 g/mol. The normalized spacial score (nSPS) is 9.75. The minimum atomic E-state index is 0.0370. The van der Waals surface area contributed by atoms with E-state index in [1.54, 1.807) is 6.92 Å². The average Bonchev–Trinajstić information content (AvgIpc) is 1.98. The van der Waals surface area contributed by atoms with Crippen molar-refractivity contribution in [3.63, 3.8) is 0 Å². The third-order valence-electron chi connectivity index (χ3n) is 0.925. The van der Waals surface area contributed by atoms with Crippen molar-refractivity contribution in [3.05, 3.63) is 10.7 Å². The molecule has 0 unspecified atom stereocenters. The zero-order chi connectivity index (χ0) is 6.15. The molecule has 0 amide bonds. The second-order valence-electron chi connectivity index (χ2n) is 1.49. The Balaban J connectivity index is 3.19. The van der Waals surface area contributed by atoms with Crippen LogP contribution in [0.15, 0.2) is 0 Å². The number of rotatable bonds is 0. The summed E-state index contributed by atoms with van der Waals surface area (Å²) in [6.07, 6.45) is 0. The smallest absolute Gasteiger partial charge is 0.211 e. The van der Waals surface area contributed by atoms with Crippen molar-refractivity contribution in [1.82, 2.24) is 10.2 Å². The van der Waals surface area contributed by atoms with Gasteiger partial charge in [0, 0.05) is 5.56 Å². The Morgan fingerprint density at radius 3 is 2.50 bits per heavy atom. The third-order valence-corrected chi connectivity index (χ3v) is 1.29. The molecule has 0 aliphatic heterocycles. The standard InChI is InChI=1S/C4H5ClN2O/c1-2-3(5)6-7-4(2)8/h1H3,(H2,6,7,8). The van der Waals surface area contributed by atoms with Gasteiger partial charge in [0.1, 0.15) is 0 Å². The lowest BCUT2D eigenvalue weighted by Gasteiger charge is -1.80. The fourth-order valence-electron chi connectivity index (χ4n) is 0.367. The van der Waals surface area contributed by atoms with Gasteiger partial charge in [-0.3, -0.25) is 0 Å². The maximum absolute atomic E-state index is 8.74. The molecule has 0 saturated heterocycles. The molecule has 0 fully saturated rings. The zero-order valence-corrected chi connectivity index (χ0v) is 5.03. The number of hydrogen-bond donors (Lipinski definition) is 2. The van der Waals surface area contributed by atoms with Gasteiger partial charge in [0.15, 0.2) is 5.15 Å². The highest BCUT2D eigenvalue weighted by Crippen LogP contribution is 2.18. The summed E-state index contributed by atoms with van der Waals surface area (Å²) in [4.78, 5) is 0. The molecule has 0 saturated carbocycles. The lowest BCUT2D eigenvalue weighted by molar-refractivity contribution is 0.448. The predicted molar refractivity (Wildman–Crippen MR) is 30.0 cm³/mol. The van der Waals surface area contributed by atoms with Crippen LogP contribution in [0.5, 0.6) is 5.88 Å². The van der Waals surface area contributed by atoms with Crippen LogP contribution in [0, 0.1) is 6.92 Å². The van der Waals surface area contributed by atoms with Gasteiger partial charge in [0.2, 0.25) is 5.88 Å². The van der Waals surface area contributed by atoms with E-state index in [9.17, 15) is 0 Å². The van der Waals surface area contributed by atoms with Gasteiger partial charge >= 0.3 is 0 Å². The predicted octanol–water partition coefficient (Wildman–Crippen LogP) is 1.08. The second-order valence-corrected chi connectivity index (χ2v) is 1.85. The Labute approximate surface area is 51.3 Å². The van der Waals surface area contributed by atoms with E-state index in [2.05, 4.69) is 10.2 Å². The first-order chi connectivity index (χ1) is 3.72. The molecular formula is C4H5ClN2O. The van der Waals surface area contributed by atoms with Gasteiger partial charge in [-0.05, 0) is 6.92 Å². The third kappa shape index (κ3) is 0.648. The van der Waals surface area contributed by atoms with Crippen LogP contribution in [0.25, 0.3) is 0 Å². The Hall–Kier alpha value is -0.700. The molecule has 2 N–H and O–H groups in total. The molecule has 8 heavy (non-hydrogen) atoms. The fourth-order valence-corrected chi connectivity index (χ4v) is 0.499. The van der Waals surface area contributed by atoms with Crippen molar-refractivity contribution in [2.75, 3.05) is 0 Å². The van der Waals surface area contributed by atoms with Crippen molar-refractivity contribution in [1.29, 1.82) is 0 Å². The van der Waals surface area contributed by atoms with Gasteiger partial charge in [-0.1, -0.05) is 11.6 Å². The maximum atomic E-state index is 8.74. The van der Waals surface area contributed by atoms with Crippen molar-refractivity contribution in [3.8, 4) is 5.88 Å². The second kappa shape index (κ2) is 1.67. The van der Waals surface area contributed by atoms with E-state index >= 15 is 0 Å². The lowest BCUT2D eigenvalue weighted by Crippen LogP contribution is -1.63. The van der Waals surface area contributed by atoms with Crippen LogP contribution >= 0.6 is 11.6 Å². The number of aromatic hydroxyl groups is 1. The van der Waals surface area contributed by atoms with Crippen molar-refractivity contribution in [2.24, 2.45) is 0 Å². The van der Waals surface area contributed by atoms with Gasteiger partial charge < -0.3 is 5.11 Å². The summed E-state index contributed by atoms with van der Waals surface area (Å²) in [5.41, 5.74) is 0.590. The number of hydrogen-bond acceptors (Lipinski definition) is 2. The van der Waals surface area contributed by atoms with Crippen LogP contribution in [0.2, 0.25) is 5.15 Å². The molecular weight excluding hydrogens is 128 g/mol. The summed E-state index contributed by atoms with van der Waals surface area (Å²) in [7, 11) is 0. The van der Waals surface area contributed by atoms with Crippen LogP contribution in [-0.4, -0.2) is 15.3 Å². The molecule has 0 aliphatic rings. The van der Waals surface area contributed by atoms with E-state index in [4.69, 9.17) is 16.7 Å². The van der Waals surface area contributed by atoms with Gasteiger partial charge in [-0.2, -0.15) is 5.10 Å². The van der Waals surface area contributed by atoms with Crippen molar-refractivity contribution in [2.45, 2.75) is 6.92 Å². The summed E-state index contributed by atoms with van der Waals surface area (Å²) in [5.74, 6) is 0.0370. The molecule has 0 aromatic carbocycles. The van der Waals surface area contributed by atoms with E-state index in [1.807, 2.05) is 0 Å². The summed E-state index contributed by atoms with van der Waals surface area (Å²) in [5, 5.41) is 14.9. The van der Waals surface area contributed by atoms with Gasteiger partial charge in [0.05, 0.1) is 0 Å². The fraction of sp³-hybridized carbons (Fsp3) is 0.250. The number of halogens is 1. The maximum Gasteiger partial charge on any atom is 0.211 e. The highest BCUT2D eigenvalue weighted by molar-refractivity contribution is 6.30. The SMILES string of the molecule is Cc1c(Cl)n[nH]c1O. The average molecular weight is 133 g/mol. The van der Waals surface area contributed by atoms with E-state index in [0.29, 0.717) is 10.7 Å². The molecule has 1 rings (SSSR count). The Morgan fingerprint density at radius 1 is 1.75 bits per heavy atom. The number of aromatic amines is 1. The van der Waals surface area contributed by atoms with Crippen molar-refractivity contribution >= 4 is 11.6 Å². The minimum Gasteiger partial charge on any atom is -0.493 e. The molecule has 0 atom stereocenters. The highest BCUT2D eigenvalue weighted by Gasteiger charge is 2.01. The molecule has 0 bridgehead atoms. The van der Waals surface area contributed by atoms with Crippen LogP contribution in [0.4, 0.5) is 0 Å². The topological polar surface area (TPSA) is 48.9 Å². The Kier molecular flexibility index (Phi) is 1.13. The Bertz CT molecular complexity index is 176. The number of aromatic nitrogens is 2. The molecule has 3 nitrogen and oxygen atoms in total. The van der Waals surface area contributed by atoms with E-state index < -0.39 is 0 Å². The molecule has 0 spiro atoms. The first kappa shape index (κ1) is 5.44. The largest absolute Gasteiger partial charge is 0.493 e. The van der Waals surface area contributed by atoms with Gasteiger partial charge in [-0.15, -0.1) is 0 Å². The lowest BCUT2D eigenvalue weighted by atomic mass is 10.4. The molecule has 1 aromatic rings. The van der Waals surface area contributed by atoms with Crippen LogP contribution in [-0.2, 0) is 0 Å². The van der Waals surface area contributed by atoms with Gasteiger partial charge in [0.25, 0.3) is 0 Å². The summed E-state index contributed by atoms with van der Waals surface area (Å²) < 4.78 is 0. The number of nitrogens with zero attached hydrogens (tertiary/aromatic N) is 1. The molecule has 1 aromatic heterocycles. The van der Waals surface area contributed by atoms with E-state index in [1.165, 1.54) is 0 Å². The van der Waals surface area contributed by atoms with Crippen LogP contribution in [0.3, 0.4) is 0 Å². The first-order valence-electron chi connectivity index (χ1n) is 2.11. The van der Waals surface area contributed by atoms with Crippen molar-refractivity contribution < 1.29 is 5.11 Å². The van der Waals surface area contributed by atoms with E-state index in [-0.39, 0.29) is 5.88 Å². The van der Waals surface area contributed by atoms with E-state index in [0.717, 1.165) is 0 Å². The summed E-state index contributed by atoms with van der Waals surface area (Å²) >= 11 is 5.43. The zero-order valence-electron chi connectivity index (χ0n) is 4.27. The molecule has 44 valence electrons. The molecule has 0 radical (unpaired) electrons.